The molecular formula is C12H21NO5. The van der Waals surface area contributed by atoms with Crippen molar-refractivity contribution < 1.29 is 24.2 Å². The zero-order chi connectivity index (χ0) is 13.9. The van der Waals surface area contributed by atoms with Crippen LogP contribution in [0.25, 0.3) is 0 Å². The van der Waals surface area contributed by atoms with Gasteiger partial charge in [-0.25, -0.2) is 9.59 Å². The maximum absolute atomic E-state index is 11.9. The zero-order valence-electron chi connectivity index (χ0n) is 11.3. The van der Waals surface area contributed by atoms with Gasteiger partial charge in [0.2, 0.25) is 0 Å². The first-order chi connectivity index (χ1) is 8.26. The van der Waals surface area contributed by atoms with E-state index in [-0.39, 0.29) is 6.61 Å². The minimum Gasteiger partial charge on any atom is -0.464 e. The number of likely N-dealkylation sites (tertiary alicyclic amines) is 1. The predicted molar refractivity (Wildman–Crippen MR) is 63.7 cm³/mol. The number of ether oxygens (including phenoxy) is 2. The maximum atomic E-state index is 11.9. The van der Waals surface area contributed by atoms with Crippen molar-refractivity contribution in [1.29, 1.82) is 0 Å². The summed E-state index contributed by atoms with van der Waals surface area (Å²) in [5, 5.41) is 9.76. The summed E-state index contributed by atoms with van der Waals surface area (Å²) in [6.45, 7) is 7.13. The van der Waals surface area contributed by atoms with E-state index >= 15 is 0 Å². The van der Waals surface area contributed by atoms with Gasteiger partial charge in [0.1, 0.15) is 17.9 Å². The van der Waals surface area contributed by atoms with E-state index < -0.39 is 29.9 Å². The van der Waals surface area contributed by atoms with Crippen molar-refractivity contribution in [3.63, 3.8) is 0 Å². The molecular weight excluding hydrogens is 238 g/mol. The second-order valence-corrected chi connectivity index (χ2v) is 5.21. The number of hydrogen-bond acceptors (Lipinski definition) is 5. The highest BCUT2D eigenvalue weighted by Crippen LogP contribution is 2.25. The first-order valence-electron chi connectivity index (χ1n) is 6.12. The molecule has 1 heterocycles. The van der Waals surface area contributed by atoms with E-state index in [1.165, 1.54) is 0 Å². The Hall–Kier alpha value is -1.30. The number of nitrogens with zero attached hydrogens (tertiary/aromatic N) is 1. The molecule has 0 aromatic carbocycles. The fourth-order valence-electron chi connectivity index (χ4n) is 1.83. The number of aliphatic hydroxyl groups is 1. The van der Waals surface area contributed by atoms with Crippen molar-refractivity contribution in [3.8, 4) is 0 Å². The number of carbonyl (C=O) groups is 2. The van der Waals surface area contributed by atoms with E-state index in [1.54, 1.807) is 27.7 Å². The molecule has 1 amide bonds. The molecule has 1 aliphatic heterocycles. The molecule has 0 aromatic heterocycles. The Kier molecular flexibility index (Phi) is 4.56. The second-order valence-electron chi connectivity index (χ2n) is 5.21. The molecule has 1 rings (SSSR count). The van der Waals surface area contributed by atoms with Crippen molar-refractivity contribution in [2.75, 3.05) is 6.61 Å². The number of amides is 1. The molecule has 1 saturated heterocycles. The van der Waals surface area contributed by atoms with Crippen LogP contribution in [0.4, 0.5) is 4.79 Å². The molecule has 1 N–H and O–H groups in total. The number of esters is 1. The molecule has 18 heavy (non-hydrogen) atoms. The van der Waals surface area contributed by atoms with Crippen molar-refractivity contribution in [2.45, 2.75) is 58.4 Å². The van der Waals surface area contributed by atoms with Gasteiger partial charge in [0.15, 0.2) is 0 Å². The molecule has 2 atom stereocenters. The van der Waals surface area contributed by atoms with Crippen LogP contribution in [0.3, 0.4) is 0 Å². The van der Waals surface area contributed by atoms with Gasteiger partial charge in [0.05, 0.1) is 6.61 Å². The SMILES string of the molecule is CCOC(=O)[C@H]1CC[C@@H](O)N1C(=O)OC(C)(C)C. The van der Waals surface area contributed by atoms with Crippen LogP contribution in [-0.2, 0) is 14.3 Å². The van der Waals surface area contributed by atoms with Gasteiger partial charge in [-0.1, -0.05) is 0 Å². The van der Waals surface area contributed by atoms with Crippen LogP contribution in [0.5, 0.6) is 0 Å². The van der Waals surface area contributed by atoms with E-state index in [1.807, 2.05) is 0 Å². The molecule has 0 radical (unpaired) electrons. The highest BCUT2D eigenvalue weighted by Gasteiger charge is 2.42. The quantitative estimate of drug-likeness (QED) is 0.756. The maximum Gasteiger partial charge on any atom is 0.413 e. The molecule has 0 bridgehead atoms. The third-order valence-corrected chi connectivity index (χ3v) is 2.52. The summed E-state index contributed by atoms with van der Waals surface area (Å²) in [7, 11) is 0. The third-order valence-electron chi connectivity index (χ3n) is 2.52. The number of hydrogen-bond donors (Lipinski definition) is 1. The number of rotatable bonds is 2. The summed E-state index contributed by atoms with van der Waals surface area (Å²) in [6.07, 6.45) is -0.943. The molecule has 0 unspecified atom stereocenters. The van der Waals surface area contributed by atoms with Crippen molar-refractivity contribution in [3.05, 3.63) is 0 Å². The molecule has 0 aromatic rings. The Labute approximate surface area is 107 Å². The van der Waals surface area contributed by atoms with Gasteiger partial charge in [-0.05, 0) is 40.5 Å². The van der Waals surface area contributed by atoms with Crippen LogP contribution >= 0.6 is 0 Å². The molecule has 1 fully saturated rings. The predicted octanol–water partition coefficient (Wildman–Crippen LogP) is 1.27. The highest BCUT2D eigenvalue weighted by molar-refractivity contribution is 5.82. The lowest BCUT2D eigenvalue weighted by Gasteiger charge is -2.29. The van der Waals surface area contributed by atoms with E-state index in [9.17, 15) is 14.7 Å². The highest BCUT2D eigenvalue weighted by atomic mass is 16.6. The van der Waals surface area contributed by atoms with Crippen LogP contribution in [0.2, 0.25) is 0 Å². The minimum absolute atomic E-state index is 0.244. The molecule has 1 aliphatic rings. The van der Waals surface area contributed by atoms with Gasteiger partial charge >= 0.3 is 12.1 Å². The van der Waals surface area contributed by atoms with Crippen molar-refractivity contribution in [1.82, 2.24) is 4.90 Å². The Morgan fingerprint density at radius 1 is 1.33 bits per heavy atom. The van der Waals surface area contributed by atoms with Gasteiger partial charge in [-0.2, -0.15) is 0 Å². The average molecular weight is 259 g/mol. The summed E-state index contributed by atoms with van der Waals surface area (Å²) in [5.41, 5.74) is -0.668. The molecule has 6 nitrogen and oxygen atoms in total. The number of aliphatic hydroxyl groups excluding tert-OH is 1. The number of carbonyl (C=O) groups excluding carboxylic acids is 2. The fraction of sp³-hybridized carbons (Fsp3) is 0.833. The lowest BCUT2D eigenvalue weighted by molar-refractivity contribution is -0.150. The molecule has 6 heteroatoms. The van der Waals surface area contributed by atoms with Gasteiger partial charge in [0.25, 0.3) is 0 Å². The van der Waals surface area contributed by atoms with Crippen LogP contribution < -0.4 is 0 Å². The first kappa shape index (κ1) is 14.8. The average Bonchev–Trinajstić information content (AvgIpc) is 2.58. The largest absolute Gasteiger partial charge is 0.464 e. The third kappa shape index (κ3) is 3.60. The summed E-state index contributed by atoms with van der Waals surface area (Å²) in [4.78, 5) is 24.7. The van der Waals surface area contributed by atoms with Crippen molar-refractivity contribution in [2.24, 2.45) is 0 Å². The van der Waals surface area contributed by atoms with E-state index in [2.05, 4.69) is 0 Å². The Morgan fingerprint density at radius 2 is 1.94 bits per heavy atom. The van der Waals surface area contributed by atoms with Crippen molar-refractivity contribution >= 4 is 12.1 Å². The molecule has 0 saturated carbocycles. The summed E-state index contributed by atoms with van der Waals surface area (Å²) >= 11 is 0. The second kappa shape index (κ2) is 5.56. The van der Waals surface area contributed by atoms with E-state index in [0.717, 1.165) is 4.90 Å². The fourth-order valence-corrected chi connectivity index (χ4v) is 1.83. The lowest BCUT2D eigenvalue weighted by Crippen LogP contribution is -2.47. The molecule has 0 aliphatic carbocycles. The summed E-state index contributed by atoms with van der Waals surface area (Å²) in [5.74, 6) is -0.500. The lowest BCUT2D eigenvalue weighted by atomic mass is 10.2. The van der Waals surface area contributed by atoms with Gasteiger partial charge in [-0.3, -0.25) is 4.90 Å². The monoisotopic (exact) mass is 259 g/mol. The topological polar surface area (TPSA) is 76.1 Å². The molecule has 0 spiro atoms. The summed E-state index contributed by atoms with van der Waals surface area (Å²) < 4.78 is 10.1. The Balaban J connectivity index is 2.76. The minimum atomic E-state index is -0.991. The van der Waals surface area contributed by atoms with Crippen LogP contribution in [0.15, 0.2) is 0 Å². The molecule has 104 valence electrons. The Bertz CT molecular complexity index is 323. The summed E-state index contributed by atoms with van der Waals surface area (Å²) in [6, 6.07) is -0.755. The van der Waals surface area contributed by atoms with E-state index in [4.69, 9.17) is 9.47 Å². The Morgan fingerprint density at radius 3 is 2.44 bits per heavy atom. The smallest absolute Gasteiger partial charge is 0.413 e. The standard InChI is InChI=1S/C12H21NO5/c1-5-17-10(15)8-6-7-9(14)13(8)11(16)18-12(2,3)4/h8-9,14H,5-7H2,1-4H3/t8-,9-/m1/s1. The zero-order valence-corrected chi connectivity index (χ0v) is 11.3. The van der Waals surface area contributed by atoms with Crippen LogP contribution in [-0.4, -0.2) is 46.5 Å². The van der Waals surface area contributed by atoms with E-state index in [0.29, 0.717) is 12.8 Å². The van der Waals surface area contributed by atoms with Gasteiger partial charge in [0, 0.05) is 0 Å². The van der Waals surface area contributed by atoms with Crippen LogP contribution in [0.1, 0.15) is 40.5 Å². The van der Waals surface area contributed by atoms with Gasteiger partial charge < -0.3 is 14.6 Å². The first-order valence-corrected chi connectivity index (χ1v) is 6.12. The van der Waals surface area contributed by atoms with Crippen LogP contribution in [0, 0.1) is 0 Å². The van der Waals surface area contributed by atoms with Gasteiger partial charge in [-0.15, -0.1) is 0 Å². The normalized spacial score (nSPS) is 23.9.